The largest absolute Gasteiger partial charge is 0.460 e. The Morgan fingerprint density at radius 2 is 1.52 bits per heavy atom. The number of carbonyl (C=O) groups is 2. The van der Waals surface area contributed by atoms with Crippen LogP contribution >= 0.6 is 0 Å². The highest BCUT2D eigenvalue weighted by atomic mass is 16.7. The molecule has 0 aromatic rings. The first-order valence-electron chi connectivity index (χ1n) is 10.9. The van der Waals surface area contributed by atoms with E-state index in [2.05, 4.69) is 27.7 Å². The minimum absolute atomic E-state index is 0.0478. The van der Waals surface area contributed by atoms with Crippen LogP contribution in [0.15, 0.2) is 0 Å². The Morgan fingerprint density at radius 3 is 1.97 bits per heavy atom. The van der Waals surface area contributed by atoms with Gasteiger partial charge in [0, 0.05) is 26.5 Å². The van der Waals surface area contributed by atoms with E-state index in [1.165, 1.54) is 12.2 Å². The van der Waals surface area contributed by atoms with Gasteiger partial charge in [0.05, 0.1) is 12.7 Å². The summed E-state index contributed by atoms with van der Waals surface area (Å²) in [5.41, 5.74) is -0.377. The van der Waals surface area contributed by atoms with Crippen molar-refractivity contribution in [2.24, 2.45) is 5.92 Å². The number of hydroxylamine groups is 2. The van der Waals surface area contributed by atoms with Gasteiger partial charge >= 0.3 is 5.97 Å². The summed E-state index contributed by atoms with van der Waals surface area (Å²) in [6.07, 6.45) is 6.27. The van der Waals surface area contributed by atoms with E-state index in [4.69, 9.17) is 14.3 Å². The van der Waals surface area contributed by atoms with Crippen molar-refractivity contribution in [1.29, 1.82) is 0 Å². The van der Waals surface area contributed by atoms with Crippen LogP contribution in [0.3, 0.4) is 0 Å². The molecule has 0 aromatic carbocycles. The van der Waals surface area contributed by atoms with Gasteiger partial charge in [0.1, 0.15) is 5.60 Å². The van der Waals surface area contributed by atoms with E-state index in [-0.39, 0.29) is 23.1 Å². The summed E-state index contributed by atoms with van der Waals surface area (Å²) in [5.74, 6) is 0.526. The normalized spacial score (nSPS) is 12.6. The number of rotatable bonds is 11. The Morgan fingerprint density at radius 1 is 0.931 bits per heavy atom. The number of unbranched alkanes of at least 4 members (excludes halogenated alkanes) is 2. The molecule has 6 nitrogen and oxygen atoms in total. The van der Waals surface area contributed by atoms with Gasteiger partial charge in [-0.05, 0) is 66.7 Å². The molecule has 0 radical (unpaired) electrons. The van der Waals surface area contributed by atoms with Crippen LogP contribution in [0.5, 0.6) is 0 Å². The van der Waals surface area contributed by atoms with Gasteiger partial charge < -0.3 is 9.47 Å². The van der Waals surface area contributed by atoms with Gasteiger partial charge in [-0.3, -0.25) is 14.4 Å². The number of carbonyl (C=O) groups excluding carboxylic acids is 2. The van der Waals surface area contributed by atoms with Crippen molar-refractivity contribution in [3.05, 3.63) is 0 Å². The number of amides is 1. The predicted molar refractivity (Wildman–Crippen MR) is 118 cm³/mol. The fourth-order valence-electron chi connectivity index (χ4n) is 2.28. The number of nitrogens with zero attached hydrogens (tertiary/aromatic N) is 1. The molecule has 0 bridgehead atoms. The predicted octanol–water partition coefficient (Wildman–Crippen LogP) is 5.54. The summed E-state index contributed by atoms with van der Waals surface area (Å²) >= 11 is 0. The lowest BCUT2D eigenvalue weighted by Crippen LogP contribution is -2.24. The molecule has 6 heteroatoms. The third-order valence-corrected chi connectivity index (χ3v) is 3.89. The van der Waals surface area contributed by atoms with Gasteiger partial charge in [-0.25, -0.2) is 5.06 Å². The van der Waals surface area contributed by atoms with E-state index >= 15 is 0 Å². The van der Waals surface area contributed by atoms with Crippen molar-refractivity contribution in [1.82, 2.24) is 5.06 Å². The van der Waals surface area contributed by atoms with Crippen molar-refractivity contribution >= 4 is 11.9 Å². The van der Waals surface area contributed by atoms with E-state index < -0.39 is 0 Å². The van der Waals surface area contributed by atoms with E-state index in [1.807, 2.05) is 27.7 Å². The highest BCUT2D eigenvalue weighted by Crippen LogP contribution is 2.15. The molecule has 0 fully saturated rings. The summed E-state index contributed by atoms with van der Waals surface area (Å²) < 4.78 is 10.8. The molecule has 0 N–H and O–H groups in total. The molecule has 0 rings (SSSR count). The molecular weight excluding hydrogens is 370 g/mol. The molecule has 1 amide bonds. The maximum absolute atomic E-state index is 11.5. The van der Waals surface area contributed by atoms with Crippen molar-refractivity contribution in [2.45, 2.75) is 112 Å². The minimum atomic E-state index is -0.327. The number of esters is 1. The molecule has 0 saturated heterocycles. The molecule has 29 heavy (non-hydrogen) atoms. The Hall–Kier alpha value is -1.14. The van der Waals surface area contributed by atoms with E-state index in [0.29, 0.717) is 18.8 Å². The van der Waals surface area contributed by atoms with Crippen molar-refractivity contribution < 1.29 is 23.9 Å². The van der Waals surface area contributed by atoms with E-state index in [0.717, 1.165) is 38.7 Å². The number of ether oxygens (including phenoxy) is 2. The summed E-state index contributed by atoms with van der Waals surface area (Å²) in [6, 6.07) is 0. The summed E-state index contributed by atoms with van der Waals surface area (Å²) in [6.45, 7) is 16.9. The van der Waals surface area contributed by atoms with Gasteiger partial charge in [0.15, 0.2) is 0 Å². The Balaban J connectivity index is 0. The number of hydrogen-bond acceptors (Lipinski definition) is 5. The molecule has 0 aromatic heterocycles. The molecular formula is C23H47NO5. The van der Waals surface area contributed by atoms with Gasteiger partial charge in [0.2, 0.25) is 5.91 Å². The average Bonchev–Trinajstić information content (AvgIpc) is 2.57. The molecule has 0 aliphatic heterocycles. The molecule has 1 unspecified atom stereocenters. The van der Waals surface area contributed by atoms with Crippen LogP contribution in [0, 0.1) is 5.92 Å². The first kappa shape index (κ1) is 30.1. The van der Waals surface area contributed by atoms with E-state index in [9.17, 15) is 9.59 Å². The molecule has 0 spiro atoms. The Bertz CT molecular complexity index is 438. The second kappa shape index (κ2) is 15.7. The third-order valence-electron chi connectivity index (χ3n) is 3.89. The average molecular weight is 418 g/mol. The van der Waals surface area contributed by atoms with Crippen LogP contribution in [0.2, 0.25) is 0 Å². The second-order valence-corrected chi connectivity index (χ2v) is 9.54. The topological polar surface area (TPSA) is 65.1 Å². The zero-order valence-electron chi connectivity index (χ0n) is 20.7. The monoisotopic (exact) mass is 417 g/mol. The third kappa shape index (κ3) is 23.0. The van der Waals surface area contributed by atoms with Crippen LogP contribution in [0.4, 0.5) is 0 Å². The van der Waals surface area contributed by atoms with Crippen LogP contribution in [0.25, 0.3) is 0 Å². The van der Waals surface area contributed by atoms with Gasteiger partial charge in [-0.1, -0.05) is 26.7 Å². The van der Waals surface area contributed by atoms with Crippen LogP contribution in [0.1, 0.15) is 100 Å². The highest BCUT2D eigenvalue weighted by molar-refractivity contribution is 5.74. The standard InChI is InChI=1S/C15H31NO3.C8H16O2/c1-13(12-19-15(2,3)4)10-8-7-9-11-14(17)16(5)18-6;1-5-6-7(9)10-8(2,3)4/h13H,7-12H2,1-6H3;5-6H2,1-4H3. The Labute approximate surface area is 179 Å². The fourth-order valence-corrected chi connectivity index (χ4v) is 2.28. The molecule has 0 heterocycles. The van der Waals surface area contributed by atoms with Crippen molar-refractivity contribution in [2.75, 3.05) is 20.8 Å². The Kier molecular flexibility index (Phi) is 16.2. The van der Waals surface area contributed by atoms with Crippen molar-refractivity contribution in [3.8, 4) is 0 Å². The quantitative estimate of drug-likeness (QED) is 0.251. The minimum Gasteiger partial charge on any atom is -0.460 e. The highest BCUT2D eigenvalue weighted by Gasteiger charge is 2.15. The molecule has 0 saturated carbocycles. The summed E-state index contributed by atoms with van der Waals surface area (Å²) in [5, 5.41) is 1.29. The van der Waals surface area contributed by atoms with E-state index in [1.54, 1.807) is 7.05 Å². The molecule has 0 aliphatic carbocycles. The zero-order chi connectivity index (χ0) is 23.1. The maximum Gasteiger partial charge on any atom is 0.306 e. The molecule has 1 atom stereocenters. The molecule has 0 aliphatic rings. The molecule has 174 valence electrons. The fraction of sp³-hybridized carbons (Fsp3) is 0.913. The summed E-state index contributed by atoms with van der Waals surface area (Å²) in [7, 11) is 3.16. The van der Waals surface area contributed by atoms with Gasteiger partial charge in [-0.15, -0.1) is 0 Å². The zero-order valence-corrected chi connectivity index (χ0v) is 20.7. The summed E-state index contributed by atoms with van der Waals surface area (Å²) in [4.78, 5) is 27.1. The smallest absolute Gasteiger partial charge is 0.306 e. The first-order valence-corrected chi connectivity index (χ1v) is 10.9. The van der Waals surface area contributed by atoms with Crippen LogP contribution < -0.4 is 0 Å². The van der Waals surface area contributed by atoms with Gasteiger partial charge in [-0.2, -0.15) is 0 Å². The maximum atomic E-state index is 11.5. The van der Waals surface area contributed by atoms with Crippen LogP contribution in [-0.2, 0) is 23.9 Å². The lowest BCUT2D eigenvalue weighted by atomic mass is 10.0. The second-order valence-electron chi connectivity index (χ2n) is 9.54. The van der Waals surface area contributed by atoms with Crippen molar-refractivity contribution in [3.63, 3.8) is 0 Å². The lowest BCUT2D eigenvalue weighted by Gasteiger charge is -2.22. The number of hydrogen-bond donors (Lipinski definition) is 0. The van der Waals surface area contributed by atoms with Gasteiger partial charge in [0.25, 0.3) is 0 Å². The SMILES string of the molecule is CCCC(=O)OC(C)(C)C.CON(C)C(=O)CCCCCC(C)COC(C)(C)C. The first-order chi connectivity index (χ1) is 13.2. The lowest BCUT2D eigenvalue weighted by molar-refractivity contribution is -0.168. The van der Waals surface area contributed by atoms with Crippen LogP contribution in [-0.4, -0.2) is 48.9 Å².